The maximum atomic E-state index is 6.05. The first-order valence-electron chi connectivity index (χ1n) is 5.34. The maximum Gasteiger partial charge on any atom is 0.171 e. The molecule has 0 amide bonds. The summed E-state index contributed by atoms with van der Waals surface area (Å²) in [7, 11) is 0. The van der Waals surface area contributed by atoms with Crippen LogP contribution in [0.15, 0.2) is 12.4 Å². The Morgan fingerprint density at radius 1 is 1.27 bits per heavy atom. The van der Waals surface area contributed by atoms with Crippen molar-refractivity contribution in [3.63, 3.8) is 0 Å². The molecule has 0 spiro atoms. The average Bonchev–Trinajstić information content (AvgIpc) is 2.47. The van der Waals surface area contributed by atoms with E-state index < -0.39 is 0 Å². The predicted molar refractivity (Wildman–Crippen MR) is 62.2 cm³/mol. The summed E-state index contributed by atoms with van der Waals surface area (Å²) in [4.78, 5) is 10.6. The van der Waals surface area contributed by atoms with E-state index in [9.17, 15) is 0 Å². The standard InChI is InChI=1S/C11H16ClN3/c1-7-6-15(9(3)8(7)2)11-10(12)13-4-5-14-11/h4-5,7-9H,6H2,1-3H3. The van der Waals surface area contributed by atoms with Crippen LogP contribution in [0, 0.1) is 11.8 Å². The van der Waals surface area contributed by atoms with E-state index in [1.165, 1.54) is 0 Å². The molecular weight excluding hydrogens is 210 g/mol. The highest BCUT2D eigenvalue weighted by atomic mass is 35.5. The van der Waals surface area contributed by atoms with Crippen molar-refractivity contribution in [2.45, 2.75) is 26.8 Å². The molecule has 1 saturated heterocycles. The Labute approximate surface area is 95.5 Å². The molecule has 1 aliphatic heterocycles. The highest BCUT2D eigenvalue weighted by molar-refractivity contribution is 6.31. The van der Waals surface area contributed by atoms with Crippen molar-refractivity contribution in [2.24, 2.45) is 11.8 Å². The van der Waals surface area contributed by atoms with Gasteiger partial charge in [-0.3, -0.25) is 0 Å². The second kappa shape index (κ2) is 3.97. The van der Waals surface area contributed by atoms with E-state index in [1.807, 2.05) is 0 Å². The zero-order valence-electron chi connectivity index (χ0n) is 9.31. The van der Waals surface area contributed by atoms with Gasteiger partial charge in [-0.15, -0.1) is 0 Å². The molecule has 2 heterocycles. The molecule has 82 valence electrons. The zero-order chi connectivity index (χ0) is 11.0. The summed E-state index contributed by atoms with van der Waals surface area (Å²) in [5, 5.41) is 0.505. The highest BCUT2D eigenvalue weighted by Crippen LogP contribution is 2.34. The van der Waals surface area contributed by atoms with Crippen LogP contribution in [-0.4, -0.2) is 22.6 Å². The van der Waals surface area contributed by atoms with Crippen molar-refractivity contribution >= 4 is 17.4 Å². The van der Waals surface area contributed by atoms with Crippen LogP contribution in [0.1, 0.15) is 20.8 Å². The van der Waals surface area contributed by atoms with Gasteiger partial charge in [0.2, 0.25) is 0 Å². The van der Waals surface area contributed by atoms with E-state index in [1.54, 1.807) is 12.4 Å². The summed E-state index contributed by atoms with van der Waals surface area (Å²) in [6.45, 7) is 7.78. The minimum Gasteiger partial charge on any atom is -0.351 e. The molecular formula is C11H16ClN3. The lowest BCUT2D eigenvalue weighted by molar-refractivity contribution is 0.441. The van der Waals surface area contributed by atoms with Crippen LogP contribution in [0.2, 0.25) is 5.15 Å². The molecule has 1 aromatic heterocycles. The monoisotopic (exact) mass is 225 g/mol. The van der Waals surface area contributed by atoms with E-state index in [0.717, 1.165) is 12.4 Å². The van der Waals surface area contributed by atoms with Crippen LogP contribution >= 0.6 is 11.6 Å². The lowest BCUT2D eigenvalue weighted by Crippen LogP contribution is -2.30. The molecule has 1 fully saturated rings. The molecule has 0 radical (unpaired) electrons. The summed E-state index contributed by atoms with van der Waals surface area (Å²) in [6, 6.07) is 0.481. The second-order valence-corrected chi connectivity index (χ2v) is 4.76. The quantitative estimate of drug-likeness (QED) is 0.736. The molecule has 1 aromatic rings. The SMILES string of the molecule is CC1CN(c2nccnc2Cl)C(C)C1C. The number of aromatic nitrogens is 2. The fourth-order valence-corrected chi connectivity index (χ4v) is 2.40. The van der Waals surface area contributed by atoms with E-state index in [0.29, 0.717) is 23.0 Å². The van der Waals surface area contributed by atoms with E-state index in [4.69, 9.17) is 11.6 Å². The first-order valence-corrected chi connectivity index (χ1v) is 5.72. The molecule has 3 unspecified atom stereocenters. The van der Waals surface area contributed by atoms with Crippen molar-refractivity contribution in [2.75, 3.05) is 11.4 Å². The Hall–Kier alpha value is -0.830. The number of halogens is 1. The zero-order valence-corrected chi connectivity index (χ0v) is 10.1. The van der Waals surface area contributed by atoms with Gasteiger partial charge < -0.3 is 4.90 Å². The molecule has 4 heteroatoms. The van der Waals surface area contributed by atoms with Gasteiger partial charge in [0, 0.05) is 25.0 Å². The Kier molecular flexibility index (Phi) is 2.83. The topological polar surface area (TPSA) is 29.0 Å². The summed E-state index contributed by atoms with van der Waals surface area (Å²) in [6.07, 6.45) is 3.32. The average molecular weight is 226 g/mol. The predicted octanol–water partition coefficient (Wildman–Crippen LogP) is 2.61. The maximum absolute atomic E-state index is 6.05. The lowest BCUT2D eigenvalue weighted by atomic mass is 9.95. The molecule has 0 saturated carbocycles. The van der Waals surface area contributed by atoms with Crippen LogP contribution in [-0.2, 0) is 0 Å². The van der Waals surface area contributed by atoms with Crippen molar-refractivity contribution in [3.8, 4) is 0 Å². The molecule has 15 heavy (non-hydrogen) atoms. The second-order valence-electron chi connectivity index (χ2n) is 4.40. The molecule has 0 aliphatic carbocycles. The van der Waals surface area contributed by atoms with Gasteiger partial charge >= 0.3 is 0 Å². The third-order valence-electron chi connectivity index (χ3n) is 3.54. The lowest BCUT2D eigenvalue weighted by Gasteiger charge is -2.24. The van der Waals surface area contributed by atoms with Crippen LogP contribution in [0.5, 0.6) is 0 Å². The fraction of sp³-hybridized carbons (Fsp3) is 0.636. The smallest absolute Gasteiger partial charge is 0.171 e. The number of hydrogen-bond donors (Lipinski definition) is 0. The first-order chi connectivity index (χ1) is 7.11. The molecule has 2 rings (SSSR count). The minimum absolute atomic E-state index is 0.481. The summed E-state index contributed by atoms with van der Waals surface area (Å²) < 4.78 is 0. The number of anilines is 1. The molecule has 1 aliphatic rings. The number of nitrogens with zero attached hydrogens (tertiary/aromatic N) is 3. The van der Waals surface area contributed by atoms with Crippen LogP contribution < -0.4 is 4.90 Å². The number of rotatable bonds is 1. The Morgan fingerprint density at radius 3 is 2.47 bits per heavy atom. The van der Waals surface area contributed by atoms with Crippen LogP contribution in [0.4, 0.5) is 5.82 Å². The molecule has 3 atom stereocenters. The Morgan fingerprint density at radius 2 is 1.93 bits per heavy atom. The van der Waals surface area contributed by atoms with Crippen LogP contribution in [0.3, 0.4) is 0 Å². The minimum atomic E-state index is 0.481. The first kappa shape index (κ1) is 10.7. The van der Waals surface area contributed by atoms with Crippen molar-refractivity contribution in [1.29, 1.82) is 0 Å². The molecule has 3 nitrogen and oxygen atoms in total. The summed E-state index contributed by atoms with van der Waals surface area (Å²) >= 11 is 6.05. The summed E-state index contributed by atoms with van der Waals surface area (Å²) in [5.74, 6) is 2.17. The highest BCUT2D eigenvalue weighted by Gasteiger charge is 2.35. The van der Waals surface area contributed by atoms with Crippen LogP contribution in [0.25, 0.3) is 0 Å². The fourth-order valence-electron chi connectivity index (χ4n) is 2.19. The largest absolute Gasteiger partial charge is 0.351 e. The van der Waals surface area contributed by atoms with Gasteiger partial charge in [-0.05, 0) is 18.8 Å². The molecule has 0 aromatic carbocycles. The van der Waals surface area contributed by atoms with Gasteiger partial charge in [-0.25, -0.2) is 9.97 Å². The Balaban J connectivity index is 2.30. The van der Waals surface area contributed by atoms with E-state index in [2.05, 4.69) is 35.6 Å². The van der Waals surface area contributed by atoms with E-state index >= 15 is 0 Å². The normalized spacial score (nSPS) is 30.9. The van der Waals surface area contributed by atoms with Crippen molar-refractivity contribution < 1.29 is 0 Å². The van der Waals surface area contributed by atoms with Gasteiger partial charge in [-0.2, -0.15) is 0 Å². The number of hydrogen-bond acceptors (Lipinski definition) is 3. The Bertz CT molecular complexity index is 355. The summed E-state index contributed by atoms with van der Waals surface area (Å²) in [5.41, 5.74) is 0. The van der Waals surface area contributed by atoms with Gasteiger partial charge in [0.15, 0.2) is 11.0 Å². The molecule has 0 bridgehead atoms. The van der Waals surface area contributed by atoms with Gasteiger partial charge in [0.1, 0.15) is 0 Å². The van der Waals surface area contributed by atoms with E-state index in [-0.39, 0.29) is 0 Å². The van der Waals surface area contributed by atoms with Crippen molar-refractivity contribution in [3.05, 3.63) is 17.5 Å². The van der Waals surface area contributed by atoms with Gasteiger partial charge in [0.05, 0.1) is 0 Å². The third-order valence-corrected chi connectivity index (χ3v) is 3.81. The van der Waals surface area contributed by atoms with Gasteiger partial charge in [0.25, 0.3) is 0 Å². The molecule has 0 N–H and O–H groups in total. The third kappa shape index (κ3) is 1.81. The van der Waals surface area contributed by atoms with Crippen molar-refractivity contribution in [1.82, 2.24) is 9.97 Å². The van der Waals surface area contributed by atoms with Gasteiger partial charge in [-0.1, -0.05) is 25.4 Å².